The lowest BCUT2D eigenvalue weighted by molar-refractivity contribution is 0.273. The summed E-state index contributed by atoms with van der Waals surface area (Å²) in [5.74, 6) is 1.90. The highest BCUT2D eigenvalue weighted by Gasteiger charge is 2.17. The van der Waals surface area contributed by atoms with Gasteiger partial charge < -0.3 is 10.2 Å². The van der Waals surface area contributed by atoms with Crippen LogP contribution in [0.2, 0.25) is 0 Å². The molecule has 0 saturated carbocycles. The zero-order valence-electron chi connectivity index (χ0n) is 12.0. The lowest BCUT2D eigenvalue weighted by Gasteiger charge is -2.32. The molecule has 2 rings (SSSR count). The molecule has 0 aromatic carbocycles. The minimum absolute atomic E-state index is 0.856. The van der Waals surface area contributed by atoms with Gasteiger partial charge in [0.2, 0.25) is 0 Å². The molecule has 0 bridgehead atoms. The van der Waals surface area contributed by atoms with Crippen molar-refractivity contribution in [1.29, 1.82) is 0 Å². The molecule has 5 nitrogen and oxygen atoms in total. The zero-order valence-corrected chi connectivity index (χ0v) is 12.0. The number of aryl methyl sites for hydroxylation is 1. The Balaban J connectivity index is 1.68. The van der Waals surface area contributed by atoms with Gasteiger partial charge in [0.25, 0.3) is 0 Å². The van der Waals surface area contributed by atoms with E-state index in [-0.39, 0.29) is 0 Å². The van der Waals surface area contributed by atoms with Crippen LogP contribution >= 0.6 is 0 Å². The summed E-state index contributed by atoms with van der Waals surface area (Å²) in [6.07, 6.45) is 7.43. The second-order valence-corrected chi connectivity index (χ2v) is 5.27. The number of nitrogens with zero attached hydrogens (tertiary/aromatic N) is 4. The number of piperidine rings is 1. The molecule has 0 spiro atoms. The van der Waals surface area contributed by atoms with E-state index in [1.807, 2.05) is 30.2 Å². The van der Waals surface area contributed by atoms with Crippen molar-refractivity contribution in [2.75, 3.05) is 26.7 Å². The van der Waals surface area contributed by atoms with Gasteiger partial charge in [0.05, 0.1) is 0 Å². The number of hydrogen-bond acceptors (Lipinski definition) is 2. The molecule has 1 N–H and O–H groups in total. The number of guanidine groups is 1. The number of likely N-dealkylation sites (tertiary alicyclic amines) is 1. The predicted octanol–water partition coefficient (Wildman–Crippen LogP) is 1.58. The first-order valence-electron chi connectivity index (χ1n) is 7.22. The van der Waals surface area contributed by atoms with E-state index < -0.39 is 0 Å². The van der Waals surface area contributed by atoms with Gasteiger partial charge in [0.15, 0.2) is 5.96 Å². The second-order valence-electron chi connectivity index (χ2n) is 5.27. The molecule has 1 aromatic heterocycles. The Morgan fingerprint density at radius 1 is 1.42 bits per heavy atom. The van der Waals surface area contributed by atoms with Crippen molar-refractivity contribution >= 4 is 5.96 Å². The largest absolute Gasteiger partial charge is 0.356 e. The van der Waals surface area contributed by atoms with Gasteiger partial charge in [-0.15, -0.1) is 0 Å². The van der Waals surface area contributed by atoms with Gasteiger partial charge in [-0.25, -0.2) is 0 Å². The van der Waals surface area contributed by atoms with E-state index in [0.717, 1.165) is 44.5 Å². The molecule has 2 heterocycles. The Labute approximate surface area is 115 Å². The Hall–Kier alpha value is -1.52. The number of aliphatic imine (C=N–C) groups is 1. The molecule has 0 atom stereocenters. The minimum Gasteiger partial charge on any atom is -0.356 e. The van der Waals surface area contributed by atoms with E-state index >= 15 is 0 Å². The molecule has 1 aliphatic heterocycles. The summed E-state index contributed by atoms with van der Waals surface area (Å²) in [5.41, 5.74) is 0. The molecular formula is C14H25N5. The first-order chi connectivity index (χ1) is 9.29. The Morgan fingerprint density at radius 2 is 2.21 bits per heavy atom. The third kappa shape index (κ3) is 4.26. The van der Waals surface area contributed by atoms with Gasteiger partial charge in [-0.2, -0.15) is 5.10 Å². The van der Waals surface area contributed by atoms with Crippen molar-refractivity contribution in [2.45, 2.75) is 32.7 Å². The third-order valence-corrected chi connectivity index (χ3v) is 3.70. The molecule has 1 saturated heterocycles. The van der Waals surface area contributed by atoms with Crippen LogP contribution in [0, 0.1) is 5.92 Å². The smallest absolute Gasteiger partial charge is 0.193 e. The molecule has 5 heteroatoms. The van der Waals surface area contributed by atoms with E-state index in [9.17, 15) is 0 Å². The maximum absolute atomic E-state index is 4.38. The molecule has 19 heavy (non-hydrogen) atoms. The van der Waals surface area contributed by atoms with E-state index in [1.165, 1.54) is 12.8 Å². The molecule has 0 radical (unpaired) electrons. The normalized spacial score (nSPS) is 17.8. The highest BCUT2D eigenvalue weighted by molar-refractivity contribution is 5.79. The van der Waals surface area contributed by atoms with Crippen molar-refractivity contribution in [3.63, 3.8) is 0 Å². The molecule has 0 unspecified atom stereocenters. The number of hydrogen-bond donors (Lipinski definition) is 1. The van der Waals surface area contributed by atoms with E-state index in [1.54, 1.807) is 0 Å². The van der Waals surface area contributed by atoms with Crippen LogP contribution in [-0.2, 0) is 6.54 Å². The summed E-state index contributed by atoms with van der Waals surface area (Å²) in [4.78, 5) is 6.75. The van der Waals surface area contributed by atoms with E-state index in [4.69, 9.17) is 0 Å². The summed E-state index contributed by atoms with van der Waals surface area (Å²) in [6, 6.07) is 1.96. The summed E-state index contributed by atoms with van der Waals surface area (Å²) in [5, 5.41) is 7.65. The fourth-order valence-corrected chi connectivity index (χ4v) is 2.43. The number of rotatable bonds is 4. The highest BCUT2D eigenvalue weighted by atomic mass is 15.3. The van der Waals surface area contributed by atoms with Gasteiger partial charge in [0.1, 0.15) is 0 Å². The Bertz CT molecular complexity index is 377. The van der Waals surface area contributed by atoms with Crippen LogP contribution in [-0.4, -0.2) is 47.3 Å². The van der Waals surface area contributed by atoms with Gasteiger partial charge in [-0.3, -0.25) is 9.67 Å². The summed E-state index contributed by atoms with van der Waals surface area (Å²) in [7, 11) is 1.87. The van der Waals surface area contributed by atoms with Gasteiger partial charge in [-0.1, -0.05) is 6.92 Å². The van der Waals surface area contributed by atoms with Gasteiger partial charge >= 0.3 is 0 Å². The van der Waals surface area contributed by atoms with Crippen LogP contribution in [0.1, 0.15) is 26.2 Å². The third-order valence-electron chi connectivity index (χ3n) is 3.70. The van der Waals surface area contributed by atoms with E-state index in [0.29, 0.717) is 0 Å². The monoisotopic (exact) mass is 263 g/mol. The quantitative estimate of drug-likeness (QED) is 0.509. The van der Waals surface area contributed by atoms with Crippen molar-refractivity contribution in [3.05, 3.63) is 18.5 Å². The molecule has 1 aliphatic rings. The Morgan fingerprint density at radius 3 is 2.84 bits per heavy atom. The van der Waals surface area contributed by atoms with Crippen LogP contribution in [0.15, 0.2) is 23.5 Å². The Kier molecular flexibility index (Phi) is 5.24. The lowest BCUT2D eigenvalue weighted by Crippen LogP contribution is -2.45. The fraction of sp³-hybridized carbons (Fsp3) is 0.714. The minimum atomic E-state index is 0.856. The first-order valence-corrected chi connectivity index (χ1v) is 7.22. The predicted molar refractivity (Wildman–Crippen MR) is 78.2 cm³/mol. The number of aromatic nitrogens is 2. The van der Waals surface area contributed by atoms with Crippen molar-refractivity contribution in [2.24, 2.45) is 10.9 Å². The molecule has 106 valence electrons. The topological polar surface area (TPSA) is 45.5 Å². The maximum atomic E-state index is 4.38. The summed E-state index contributed by atoms with van der Waals surface area (Å²) < 4.78 is 1.97. The molecular weight excluding hydrogens is 238 g/mol. The molecule has 1 aromatic rings. The van der Waals surface area contributed by atoms with Gasteiger partial charge in [0, 0.05) is 45.6 Å². The lowest BCUT2D eigenvalue weighted by atomic mass is 10.00. The van der Waals surface area contributed by atoms with Gasteiger partial charge in [-0.05, 0) is 31.2 Å². The molecule has 0 amide bonds. The second kappa shape index (κ2) is 7.16. The first kappa shape index (κ1) is 13.9. The van der Waals surface area contributed by atoms with Crippen LogP contribution in [0.5, 0.6) is 0 Å². The standard InChI is InChI=1S/C14H25N5/c1-13-5-11-18(12-6-13)14(15-2)16-7-3-9-19-10-4-8-17-19/h4,8,10,13H,3,5-7,9,11-12H2,1-2H3,(H,15,16). The SMILES string of the molecule is CN=C(NCCCn1cccn1)N1CCC(C)CC1. The molecule has 1 fully saturated rings. The van der Waals surface area contributed by atoms with Crippen LogP contribution < -0.4 is 5.32 Å². The van der Waals surface area contributed by atoms with E-state index in [2.05, 4.69) is 27.2 Å². The van der Waals surface area contributed by atoms with Crippen LogP contribution in [0.25, 0.3) is 0 Å². The van der Waals surface area contributed by atoms with Crippen LogP contribution in [0.3, 0.4) is 0 Å². The summed E-state index contributed by atoms with van der Waals surface area (Å²) in [6.45, 7) is 6.48. The van der Waals surface area contributed by atoms with Crippen molar-refractivity contribution < 1.29 is 0 Å². The summed E-state index contributed by atoms with van der Waals surface area (Å²) >= 11 is 0. The van der Waals surface area contributed by atoms with Crippen LogP contribution in [0.4, 0.5) is 0 Å². The highest BCUT2D eigenvalue weighted by Crippen LogP contribution is 2.15. The average molecular weight is 263 g/mol. The fourth-order valence-electron chi connectivity index (χ4n) is 2.43. The molecule has 0 aliphatic carbocycles. The number of nitrogens with one attached hydrogen (secondary N) is 1. The van der Waals surface area contributed by atoms with Crippen molar-refractivity contribution in [1.82, 2.24) is 20.0 Å². The zero-order chi connectivity index (χ0) is 13.5. The maximum Gasteiger partial charge on any atom is 0.193 e. The van der Waals surface area contributed by atoms with Crippen molar-refractivity contribution in [3.8, 4) is 0 Å². The average Bonchev–Trinajstić information content (AvgIpc) is 2.93.